The number of hydrogen-bond acceptors (Lipinski definition) is 3. The number of ketones is 1. The van der Waals surface area contributed by atoms with Gasteiger partial charge in [0.1, 0.15) is 12.4 Å². The second-order valence-electron chi connectivity index (χ2n) is 5.99. The Hall–Kier alpha value is -1.61. The quantitative estimate of drug-likeness (QED) is 0.771. The molecule has 0 N–H and O–H groups in total. The summed E-state index contributed by atoms with van der Waals surface area (Å²) >= 11 is 0. The van der Waals surface area contributed by atoms with Crippen molar-refractivity contribution in [2.75, 3.05) is 20.3 Å². The number of hydrogen-bond donors (Lipinski definition) is 0. The zero-order valence-corrected chi connectivity index (χ0v) is 12.4. The van der Waals surface area contributed by atoms with Gasteiger partial charge in [-0.25, -0.2) is 0 Å². The Morgan fingerprint density at radius 1 is 1.15 bits per heavy atom. The van der Waals surface area contributed by atoms with Gasteiger partial charge in [0.05, 0.1) is 6.61 Å². The van der Waals surface area contributed by atoms with Gasteiger partial charge in [-0.1, -0.05) is 32.0 Å². The molecule has 3 heteroatoms. The van der Waals surface area contributed by atoms with Crippen molar-refractivity contribution in [3.63, 3.8) is 0 Å². The summed E-state index contributed by atoms with van der Waals surface area (Å²) in [6, 6.07) is 7.88. The summed E-state index contributed by atoms with van der Waals surface area (Å²) in [5.74, 6) is 1.02. The topological polar surface area (TPSA) is 35.5 Å². The van der Waals surface area contributed by atoms with Crippen LogP contribution in [0.2, 0.25) is 0 Å². The molecule has 0 fully saturated rings. The van der Waals surface area contributed by atoms with E-state index in [1.807, 2.05) is 24.3 Å². The van der Waals surface area contributed by atoms with E-state index in [0.717, 1.165) is 23.3 Å². The van der Waals surface area contributed by atoms with Crippen LogP contribution in [0.5, 0.6) is 5.75 Å². The van der Waals surface area contributed by atoms with Crippen molar-refractivity contribution >= 4 is 11.4 Å². The largest absolute Gasteiger partial charge is 0.491 e. The molecule has 0 unspecified atom stereocenters. The average Bonchev–Trinajstić information content (AvgIpc) is 2.37. The normalized spacial score (nSPS) is 17.8. The standard InChI is InChI=1S/C17H22O3/c1-17(2)11-13(10-14(18)12-17)15-6-4-5-7-16(15)20-9-8-19-3/h4-7,10H,8-9,11-12H2,1-3H3. The van der Waals surface area contributed by atoms with Crippen molar-refractivity contribution in [1.29, 1.82) is 0 Å². The van der Waals surface area contributed by atoms with Crippen LogP contribution in [0.4, 0.5) is 0 Å². The fourth-order valence-corrected chi connectivity index (χ4v) is 2.61. The number of carbonyl (C=O) groups is 1. The van der Waals surface area contributed by atoms with Crippen LogP contribution in [0.1, 0.15) is 32.3 Å². The van der Waals surface area contributed by atoms with Gasteiger partial charge in [-0.3, -0.25) is 4.79 Å². The maximum Gasteiger partial charge on any atom is 0.156 e. The summed E-state index contributed by atoms with van der Waals surface area (Å²) in [7, 11) is 1.65. The van der Waals surface area contributed by atoms with E-state index < -0.39 is 0 Å². The third kappa shape index (κ3) is 3.70. The van der Waals surface area contributed by atoms with Crippen LogP contribution in [-0.4, -0.2) is 26.1 Å². The van der Waals surface area contributed by atoms with Gasteiger partial charge >= 0.3 is 0 Å². The minimum Gasteiger partial charge on any atom is -0.491 e. The highest BCUT2D eigenvalue weighted by Gasteiger charge is 2.28. The van der Waals surface area contributed by atoms with E-state index in [0.29, 0.717) is 19.6 Å². The number of carbonyl (C=O) groups excluding carboxylic acids is 1. The summed E-state index contributed by atoms with van der Waals surface area (Å²) in [5.41, 5.74) is 2.10. The molecule has 0 atom stereocenters. The summed E-state index contributed by atoms with van der Waals surface area (Å²) in [5, 5.41) is 0. The van der Waals surface area contributed by atoms with Crippen molar-refractivity contribution in [2.45, 2.75) is 26.7 Å². The second kappa shape index (κ2) is 6.23. The fraction of sp³-hybridized carbons (Fsp3) is 0.471. The lowest BCUT2D eigenvalue weighted by Crippen LogP contribution is -2.21. The summed E-state index contributed by atoms with van der Waals surface area (Å²) in [6.45, 7) is 5.33. The molecule has 0 saturated carbocycles. The zero-order chi connectivity index (χ0) is 14.6. The maximum atomic E-state index is 11.9. The molecule has 0 amide bonds. The Kier molecular flexibility index (Phi) is 4.61. The predicted molar refractivity (Wildman–Crippen MR) is 79.8 cm³/mol. The molecule has 0 aromatic heterocycles. The number of methoxy groups -OCH3 is 1. The molecule has 1 aromatic rings. The highest BCUT2D eigenvalue weighted by molar-refractivity contribution is 5.99. The SMILES string of the molecule is COCCOc1ccccc1C1=CC(=O)CC(C)(C)C1. The van der Waals surface area contributed by atoms with E-state index in [1.165, 1.54) is 0 Å². The van der Waals surface area contributed by atoms with E-state index in [-0.39, 0.29) is 11.2 Å². The molecule has 20 heavy (non-hydrogen) atoms. The van der Waals surface area contributed by atoms with Gasteiger partial charge in [0.25, 0.3) is 0 Å². The Morgan fingerprint density at radius 2 is 1.90 bits per heavy atom. The lowest BCUT2D eigenvalue weighted by molar-refractivity contribution is -0.116. The molecule has 108 valence electrons. The molecule has 3 nitrogen and oxygen atoms in total. The molecule has 2 rings (SSSR count). The van der Waals surface area contributed by atoms with Crippen LogP contribution in [0.3, 0.4) is 0 Å². The van der Waals surface area contributed by atoms with E-state index >= 15 is 0 Å². The van der Waals surface area contributed by atoms with Crippen molar-refractivity contribution in [1.82, 2.24) is 0 Å². The van der Waals surface area contributed by atoms with Gasteiger partial charge in [0, 0.05) is 19.1 Å². The molecule has 1 aliphatic carbocycles. The first-order chi connectivity index (χ1) is 9.52. The Morgan fingerprint density at radius 3 is 2.60 bits per heavy atom. The molecule has 0 saturated heterocycles. The molecule has 1 aromatic carbocycles. The van der Waals surface area contributed by atoms with Crippen LogP contribution in [-0.2, 0) is 9.53 Å². The molecular formula is C17H22O3. The number of ether oxygens (including phenoxy) is 2. The summed E-state index contributed by atoms with van der Waals surface area (Å²) < 4.78 is 10.8. The Labute approximate surface area is 120 Å². The maximum absolute atomic E-state index is 11.9. The smallest absolute Gasteiger partial charge is 0.156 e. The molecular weight excluding hydrogens is 252 g/mol. The van der Waals surface area contributed by atoms with Crippen molar-refractivity contribution in [2.24, 2.45) is 5.41 Å². The van der Waals surface area contributed by atoms with Crippen LogP contribution < -0.4 is 4.74 Å². The molecule has 0 radical (unpaired) electrons. The van der Waals surface area contributed by atoms with Crippen molar-refractivity contribution < 1.29 is 14.3 Å². The molecule has 1 aliphatic rings. The van der Waals surface area contributed by atoms with Crippen molar-refractivity contribution in [3.05, 3.63) is 35.9 Å². The zero-order valence-electron chi connectivity index (χ0n) is 12.4. The predicted octanol–water partition coefficient (Wildman–Crippen LogP) is 3.48. The van der Waals surface area contributed by atoms with Gasteiger partial charge in [-0.2, -0.15) is 0 Å². The van der Waals surface area contributed by atoms with Crippen molar-refractivity contribution in [3.8, 4) is 5.75 Å². The minimum absolute atomic E-state index is 0.0147. The molecule has 0 heterocycles. The average molecular weight is 274 g/mol. The Bertz CT molecular complexity index is 515. The van der Waals surface area contributed by atoms with Crippen LogP contribution in [0.25, 0.3) is 5.57 Å². The van der Waals surface area contributed by atoms with E-state index in [4.69, 9.17) is 9.47 Å². The molecule has 0 spiro atoms. The van der Waals surface area contributed by atoms with Gasteiger partial charge in [-0.05, 0) is 29.6 Å². The van der Waals surface area contributed by atoms with Crippen LogP contribution in [0.15, 0.2) is 30.3 Å². The van der Waals surface area contributed by atoms with E-state index in [2.05, 4.69) is 13.8 Å². The number of para-hydroxylation sites is 1. The summed E-state index contributed by atoms with van der Waals surface area (Å²) in [6.07, 6.45) is 3.27. The first-order valence-electron chi connectivity index (χ1n) is 6.96. The monoisotopic (exact) mass is 274 g/mol. The third-order valence-corrected chi connectivity index (χ3v) is 3.44. The van der Waals surface area contributed by atoms with Crippen LogP contribution >= 0.6 is 0 Å². The first-order valence-corrected chi connectivity index (χ1v) is 6.96. The number of rotatable bonds is 5. The first kappa shape index (κ1) is 14.8. The van der Waals surface area contributed by atoms with Gasteiger partial charge < -0.3 is 9.47 Å². The fourth-order valence-electron chi connectivity index (χ4n) is 2.61. The lowest BCUT2D eigenvalue weighted by atomic mass is 9.75. The minimum atomic E-state index is 0.0147. The second-order valence-corrected chi connectivity index (χ2v) is 5.99. The number of benzene rings is 1. The van der Waals surface area contributed by atoms with Crippen LogP contribution in [0, 0.1) is 5.41 Å². The molecule has 0 bridgehead atoms. The van der Waals surface area contributed by atoms with E-state index in [1.54, 1.807) is 13.2 Å². The van der Waals surface area contributed by atoms with Gasteiger partial charge in [-0.15, -0.1) is 0 Å². The highest BCUT2D eigenvalue weighted by atomic mass is 16.5. The van der Waals surface area contributed by atoms with E-state index in [9.17, 15) is 4.79 Å². The highest BCUT2D eigenvalue weighted by Crippen LogP contribution is 2.40. The third-order valence-electron chi connectivity index (χ3n) is 3.44. The summed E-state index contributed by atoms with van der Waals surface area (Å²) in [4.78, 5) is 11.9. The molecule has 0 aliphatic heterocycles. The lowest BCUT2D eigenvalue weighted by Gasteiger charge is -2.29. The Balaban J connectivity index is 2.25. The van der Waals surface area contributed by atoms with Gasteiger partial charge in [0.15, 0.2) is 5.78 Å². The van der Waals surface area contributed by atoms with Gasteiger partial charge in [0.2, 0.25) is 0 Å². The number of allylic oxidation sites excluding steroid dienone is 2.